The topological polar surface area (TPSA) is 130 Å². The van der Waals surface area contributed by atoms with E-state index in [4.69, 9.17) is 4.74 Å². The van der Waals surface area contributed by atoms with Crippen LogP contribution in [0.1, 0.15) is 11.8 Å². The smallest absolute Gasteiger partial charge is 0.310 e. The SMILES string of the molecule is CC(=O)OCC1=C(S(=O)(=O)O)N2C(=O)[C@@H](NC(=O)Cc3cccs3)[C@@H]2SC1. The molecule has 9 nitrogen and oxygen atoms in total. The molecule has 2 aliphatic rings. The predicted octanol–water partition coefficient (Wildman–Crippen LogP) is 0.353. The molecule has 0 aliphatic carbocycles. The van der Waals surface area contributed by atoms with Crippen LogP contribution in [0.3, 0.4) is 0 Å². The van der Waals surface area contributed by atoms with Gasteiger partial charge in [0.15, 0.2) is 5.03 Å². The molecule has 12 heteroatoms. The first-order valence-electron chi connectivity index (χ1n) is 7.78. The third-order valence-corrected chi connectivity index (χ3v) is 7.11. The van der Waals surface area contributed by atoms with Crippen molar-refractivity contribution in [2.24, 2.45) is 0 Å². The molecular weight excluding hydrogens is 416 g/mol. The van der Waals surface area contributed by atoms with E-state index in [1.54, 1.807) is 6.07 Å². The zero-order chi connectivity index (χ0) is 19.8. The fraction of sp³-hybridized carbons (Fsp3) is 0.400. The number of fused-ring (bicyclic) bond motifs is 1. The van der Waals surface area contributed by atoms with E-state index in [0.29, 0.717) is 0 Å². The van der Waals surface area contributed by atoms with Crippen LogP contribution in [0.25, 0.3) is 0 Å². The molecule has 3 rings (SSSR count). The Morgan fingerprint density at radius 2 is 2.19 bits per heavy atom. The van der Waals surface area contributed by atoms with Gasteiger partial charge < -0.3 is 10.1 Å². The zero-order valence-electron chi connectivity index (χ0n) is 14.1. The third kappa shape index (κ3) is 4.18. The zero-order valence-corrected chi connectivity index (χ0v) is 16.5. The summed E-state index contributed by atoms with van der Waals surface area (Å²) >= 11 is 2.64. The van der Waals surface area contributed by atoms with Crippen molar-refractivity contribution in [1.29, 1.82) is 0 Å². The van der Waals surface area contributed by atoms with Gasteiger partial charge in [-0.25, -0.2) is 0 Å². The number of thiophene rings is 1. The van der Waals surface area contributed by atoms with Gasteiger partial charge in [0.05, 0.1) is 6.42 Å². The first-order chi connectivity index (χ1) is 12.7. The van der Waals surface area contributed by atoms with Gasteiger partial charge >= 0.3 is 16.1 Å². The lowest BCUT2D eigenvalue weighted by molar-refractivity contribution is -0.145. The summed E-state index contributed by atoms with van der Waals surface area (Å²) in [6.45, 7) is 0.823. The summed E-state index contributed by atoms with van der Waals surface area (Å²) in [7, 11) is -4.71. The molecule has 1 aromatic heterocycles. The van der Waals surface area contributed by atoms with E-state index in [-0.39, 0.29) is 30.3 Å². The minimum Gasteiger partial charge on any atom is -0.461 e. The van der Waals surface area contributed by atoms with Crippen LogP contribution >= 0.6 is 23.1 Å². The van der Waals surface area contributed by atoms with Gasteiger partial charge in [-0.05, 0) is 11.4 Å². The Kier molecular flexibility index (Phi) is 5.60. The molecule has 146 valence electrons. The highest BCUT2D eigenvalue weighted by Gasteiger charge is 2.55. The number of thioether (sulfide) groups is 1. The standard InChI is InChI=1S/C15H16N2O7S3/c1-8(18)24-6-9-7-26-14-12(13(20)17(14)15(9)27(21,22)23)16-11(19)5-10-3-2-4-25-10/h2-4,12,14H,5-7H2,1H3,(H,16,19)(H,21,22,23)/t12-,14+/m1/s1. The Morgan fingerprint density at radius 1 is 1.44 bits per heavy atom. The second-order valence-corrected chi connectivity index (χ2v) is 9.35. The first-order valence-corrected chi connectivity index (χ1v) is 11.1. The molecule has 0 spiro atoms. The number of amides is 2. The van der Waals surface area contributed by atoms with E-state index < -0.39 is 38.4 Å². The van der Waals surface area contributed by atoms with Crippen molar-refractivity contribution < 1.29 is 32.1 Å². The minimum atomic E-state index is -4.71. The molecule has 2 atom stereocenters. The van der Waals surface area contributed by atoms with Crippen LogP contribution in [-0.4, -0.2) is 59.4 Å². The molecule has 0 bridgehead atoms. The van der Waals surface area contributed by atoms with Gasteiger partial charge in [-0.2, -0.15) is 8.42 Å². The Labute approximate surface area is 163 Å². The van der Waals surface area contributed by atoms with Crippen LogP contribution in [0.4, 0.5) is 0 Å². The Hall–Kier alpha value is -1.89. The van der Waals surface area contributed by atoms with Crippen molar-refractivity contribution in [3.8, 4) is 0 Å². The number of nitrogens with zero attached hydrogens (tertiary/aromatic N) is 1. The molecule has 1 fully saturated rings. The maximum atomic E-state index is 12.5. The Morgan fingerprint density at radius 3 is 2.78 bits per heavy atom. The number of ether oxygens (including phenoxy) is 1. The average molecular weight is 433 g/mol. The second-order valence-electron chi connectivity index (χ2n) is 5.88. The molecule has 2 aliphatic heterocycles. The summed E-state index contributed by atoms with van der Waals surface area (Å²) in [5, 5.41) is 3.23. The highest BCUT2D eigenvalue weighted by molar-refractivity contribution is 8.00. The first kappa shape index (κ1) is 19.9. The van der Waals surface area contributed by atoms with E-state index in [9.17, 15) is 27.4 Å². The van der Waals surface area contributed by atoms with Crippen LogP contribution in [0, 0.1) is 0 Å². The molecule has 3 heterocycles. The van der Waals surface area contributed by atoms with Crippen molar-refractivity contribution in [2.45, 2.75) is 24.8 Å². The molecule has 2 amide bonds. The number of esters is 1. The summed E-state index contributed by atoms with van der Waals surface area (Å²) in [6.07, 6.45) is 0.123. The fourth-order valence-corrected chi connectivity index (χ4v) is 5.93. The molecule has 0 aromatic carbocycles. The monoisotopic (exact) mass is 432 g/mol. The quantitative estimate of drug-likeness (QED) is 0.374. The number of hydrogen-bond donors (Lipinski definition) is 2. The number of β-lactam (4-membered cyclic amide) rings is 1. The molecule has 0 saturated carbocycles. The summed E-state index contributed by atoms with van der Waals surface area (Å²) < 4.78 is 37.9. The Bertz CT molecular complexity index is 908. The maximum absolute atomic E-state index is 12.5. The van der Waals surface area contributed by atoms with Crippen molar-refractivity contribution >= 4 is 51.0 Å². The number of nitrogens with one attached hydrogen (secondary N) is 1. The normalized spacial score (nSPS) is 22.1. The molecule has 0 radical (unpaired) electrons. The van der Waals surface area contributed by atoms with Gasteiger partial charge in [0.25, 0.3) is 5.91 Å². The van der Waals surface area contributed by atoms with Crippen LogP contribution in [0.5, 0.6) is 0 Å². The van der Waals surface area contributed by atoms with E-state index in [1.807, 2.05) is 11.4 Å². The highest BCUT2D eigenvalue weighted by Crippen LogP contribution is 2.41. The van der Waals surface area contributed by atoms with Crippen LogP contribution in [0.15, 0.2) is 28.1 Å². The molecule has 1 aromatic rings. The summed E-state index contributed by atoms with van der Waals surface area (Å²) in [4.78, 5) is 37.3. The summed E-state index contributed by atoms with van der Waals surface area (Å²) in [5.74, 6) is -1.47. The molecule has 2 N–H and O–H groups in total. The summed E-state index contributed by atoms with van der Waals surface area (Å²) in [5.41, 5.74) is 0.116. The second kappa shape index (κ2) is 7.62. The average Bonchev–Trinajstić information content (AvgIpc) is 3.08. The van der Waals surface area contributed by atoms with Gasteiger partial charge in [-0.1, -0.05) is 6.07 Å². The lowest BCUT2D eigenvalue weighted by Crippen LogP contribution is -2.70. The lowest BCUT2D eigenvalue weighted by atomic mass is 10.1. The van der Waals surface area contributed by atoms with Crippen molar-refractivity contribution in [3.05, 3.63) is 33.0 Å². The number of hydrogen-bond acceptors (Lipinski definition) is 8. The van der Waals surface area contributed by atoms with E-state index in [1.165, 1.54) is 30.0 Å². The van der Waals surface area contributed by atoms with Crippen LogP contribution < -0.4 is 5.32 Å². The highest BCUT2D eigenvalue weighted by atomic mass is 32.2. The van der Waals surface area contributed by atoms with Gasteiger partial charge in [0.1, 0.15) is 18.0 Å². The largest absolute Gasteiger partial charge is 0.461 e. The molecule has 0 unspecified atom stereocenters. The van der Waals surface area contributed by atoms with Crippen LogP contribution in [0.2, 0.25) is 0 Å². The van der Waals surface area contributed by atoms with Gasteiger partial charge in [-0.3, -0.25) is 23.8 Å². The van der Waals surface area contributed by atoms with E-state index >= 15 is 0 Å². The number of carbonyl (C=O) groups is 3. The third-order valence-electron chi connectivity index (χ3n) is 3.92. The summed E-state index contributed by atoms with van der Waals surface area (Å²) in [6, 6.07) is 2.73. The maximum Gasteiger partial charge on any atom is 0.310 e. The molecule has 1 saturated heterocycles. The van der Waals surface area contributed by atoms with E-state index in [0.717, 1.165) is 9.78 Å². The predicted molar refractivity (Wildman–Crippen MR) is 98.3 cm³/mol. The van der Waals surface area contributed by atoms with Gasteiger partial charge in [0.2, 0.25) is 5.91 Å². The number of carbonyl (C=O) groups excluding carboxylic acids is 3. The number of rotatable bonds is 6. The van der Waals surface area contributed by atoms with Crippen molar-refractivity contribution in [3.63, 3.8) is 0 Å². The van der Waals surface area contributed by atoms with Gasteiger partial charge in [0, 0.05) is 23.1 Å². The van der Waals surface area contributed by atoms with Crippen molar-refractivity contribution in [2.75, 3.05) is 12.4 Å². The molecular formula is C15H16N2O7S3. The molecule has 27 heavy (non-hydrogen) atoms. The minimum absolute atomic E-state index is 0.116. The Balaban J connectivity index is 1.75. The fourth-order valence-electron chi connectivity index (χ4n) is 2.80. The lowest BCUT2D eigenvalue weighted by Gasteiger charge is -2.49. The van der Waals surface area contributed by atoms with Gasteiger partial charge in [-0.15, -0.1) is 23.1 Å². The van der Waals surface area contributed by atoms with E-state index in [2.05, 4.69) is 5.32 Å². The van der Waals surface area contributed by atoms with Crippen molar-refractivity contribution in [1.82, 2.24) is 10.2 Å². The van der Waals surface area contributed by atoms with Crippen LogP contribution in [-0.2, 0) is 35.7 Å².